The van der Waals surface area contributed by atoms with Crippen LogP contribution in [-0.4, -0.2) is 38.2 Å². The van der Waals surface area contributed by atoms with Gasteiger partial charge in [-0.15, -0.1) is 10.2 Å². The summed E-state index contributed by atoms with van der Waals surface area (Å²) in [7, 11) is 0. The third-order valence-corrected chi connectivity index (χ3v) is 4.91. The van der Waals surface area contributed by atoms with Crippen LogP contribution in [0.4, 0.5) is 17.5 Å². The van der Waals surface area contributed by atoms with E-state index >= 15 is 0 Å². The minimum atomic E-state index is -0.711. The number of rotatable bonds is 5. The fourth-order valence-electron chi connectivity index (χ4n) is 3.42. The van der Waals surface area contributed by atoms with Gasteiger partial charge in [0.25, 0.3) is 5.91 Å². The molecule has 2 aromatic heterocycles. The Hall–Kier alpha value is -3.33. The largest absolute Gasteiger partial charge is 0.364 e. The van der Waals surface area contributed by atoms with E-state index in [2.05, 4.69) is 30.8 Å². The number of para-hydroxylation sites is 1. The van der Waals surface area contributed by atoms with E-state index in [-0.39, 0.29) is 23.6 Å². The SMILES string of the molecule is NC(=O)c1nnc(N[C@@H]2CCCC[C@@H]2N)nc1Nc1cnc2ccccc2c1. The Labute approximate surface area is 162 Å². The number of fused-ring (bicyclic) bond motifs is 1. The molecule has 2 heterocycles. The Balaban J connectivity index is 1.62. The summed E-state index contributed by atoms with van der Waals surface area (Å²) in [6.45, 7) is 0. The van der Waals surface area contributed by atoms with E-state index in [4.69, 9.17) is 11.5 Å². The number of carbonyl (C=O) groups is 1. The van der Waals surface area contributed by atoms with E-state index in [1.807, 2.05) is 30.3 Å². The molecule has 4 rings (SSSR count). The Morgan fingerprint density at radius 2 is 1.96 bits per heavy atom. The molecule has 1 aliphatic rings. The van der Waals surface area contributed by atoms with Crippen molar-refractivity contribution in [3.8, 4) is 0 Å². The van der Waals surface area contributed by atoms with Crippen LogP contribution in [0.5, 0.6) is 0 Å². The van der Waals surface area contributed by atoms with Gasteiger partial charge < -0.3 is 22.1 Å². The van der Waals surface area contributed by atoms with Gasteiger partial charge in [-0.25, -0.2) is 0 Å². The highest BCUT2D eigenvalue weighted by Crippen LogP contribution is 2.23. The molecule has 3 aromatic rings. The summed E-state index contributed by atoms with van der Waals surface area (Å²) < 4.78 is 0. The van der Waals surface area contributed by atoms with Crippen molar-refractivity contribution in [3.63, 3.8) is 0 Å². The molecule has 1 saturated carbocycles. The molecule has 1 fully saturated rings. The van der Waals surface area contributed by atoms with Gasteiger partial charge in [-0.2, -0.15) is 4.98 Å². The maximum absolute atomic E-state index is 11.8. The Kier molecular flexibility index (Phi) is 4.98. The van der Waals surface area contributed by atoms with Crippen molar-refractivity contribution in [2.24, 2.45) is 11.5 Å². The number of nitrogens with two attached hydrogens (primary N) is 2. The fraction of sp³-hybridized carbons (Fsp3) is 0.316. The van der Waals surface area contributed by atoms with Crippen molar-refractivity contribution in [3.05, 3.63) is 42.2 Å². The summed E-state index contributed by atoms with van der Waals surface area (Å²) in [5.41, 5.74) is 13.1. The topological polar surface area (TPSA) is 145 Å². The summed E-state index contributed by atoms with van der Waals surface area (Å²) in [5.74, 6) is -0.174. The predicted molar refractivity (Wildman–Crippen MR) is 107 cm³/mol. The molecule has 1 aliphatic carbocycles. The van der Waals surface area contributed by atoms with Gasteiger partial charge in [-0.05, 0) is 25.0 Å². The van der Waals surface area contributed by atoms with Crippen molar-refractivity contribution >= 4 is 34.3 Å². The second-order valence-corrected chi connectivity index (χ2v) is 6.94. The molecule has 1 aromatic carbocycles. The average Bonchev–Trinajstić information content (AvgIpc) is 2.70. The smallest absolute Gasteiger partial charge is 0.273 e. The van der Waals surface area contributed by atoms with Crippen LogP contribution in [-0.2, 0) is 0 Å². The van der Waals surface area contributed by atoms with Gasteiger partial charge in [0.2, 0.25) is 5.95 Å². The van der Waals surface area contributed by atoms with Gasteiger partial charge in [0.1, 0.15) is 0 Å². The van der Waals surface area contributed by atoms with Crippen molar-refractivity contribution < 1.29 is 4.79 Å². The summed E-state index contributed by atoms with van der Waals surface area (Å²) in [6.07, 6.45) is 5.80. The number of carbonyl (C=O) groups excluding carboxylic acids is 1. The van der Waals surface area contributed by atoms with Crippen LogP contribution >= 0.6 is 0 Å². The number of hydrogen-bond donors (Lipinski definition) is 4. The van der Waals surface area contributed by atoms with E-state index in [1.165, 1.54) is 0 Å². The van der Waals surface area contributed by atoms with Crippen molar-refractivity contribution in [1.29, 1.82) is 0 Å². The maximum Gasteiger partial charge on any atom is 0.273 e. The first kappa shape index (κ1) is 18.1. The molecule has 6 N–H and O–H groups in total. The zero-order valence-corrected chi connectivity index (χ0v) is 15.3. The van der Waals surface area contributed by atoms with Gasteiger partial charge >= 0.3 is 0 Å². The molecule has 9 nitrogen and oxygen atoms in total. The number of benzene rings is 1. The molecular weight excluding hydrogens is 356 g/mol. The van der Waals surface area contributed by atoms with E-state index in [9.17, 15) is 4.79 Å². The highest BCUT2D eigenvalue weighted by Gasteiger charge is 2.23. The van der Waals surface area contributed by atoms with Gasteiger partial charge in [0.15, 0.2) is 11.5 Å². The highest BCUT2D eigenvalue weighted by atomic mass is 16.1. The monoisotopic (exact) mass is 378 g/mol. The molecule has 0 aliphatic heterocycles. The molecule has 0 saturated heterocycles. The summed E-state index contributed by atoms with van der Waals surface area (Å²) >= 11 is 0. The Morgan fingerprint density at radius 3 is 2.79 bits per heavy atom. The number of hydrogen-bond acceptors (Lipinski definition) is 8. The average molecular weight is 378 g/mol. The van der Waals surface area contributed by atoms with Crippen LogP contribution in [0.2, 0.25) is 0 Å². The van der Waals surface area contributed by atoms with Crippen LogP contribution in [0.1, 0.15) is 36.2 Å². The van der Waals surface area contributed by atoms with E-state index in [0.717, 1.165) is 36.6 Å². The zero-order valence-electron chi connectivity index (χ0n) is 15.3. The lowest BCUT2D eigenvalue weighted by atomic mass is 9.91. The maximum atomic E-state index is 11.8. The second-order valence-electron chi connectivity index (χ2n) is 6.94. The minimum Gasteiger partial charge on any atom is -0.364 e. The molecule has 0 unspecified atom stereocenters. The first-order valence-corrected chi connectivity index (χ1v) is 9.28. The van der Waals surface area contributed by atoms with Crippen molar-refractivity contribution in [2.45, 2.75) is 37.8 Å². The Bertz CT molecular complexity index is 1010. The number of nitrogens with one attached hydrogen (secondary N) is 2. The van der Waals surface area contributed by atoms with Crippen LogP contribution in [0.3, 0.4) is 0 Å². The molecule has 0 radical (unpaired) electrons. The predicted octanol–water partition coefficient (Wildman–Crippen LogP) is 1.94. The lowest BCUT2D eigenvalue weighted by Crippen LogP contribution is -2.43. The number of primary amides is 1. The van der Waals surface area contributed by atoms with Crippen LogP contribution in [0.25, 0.3) is 10.9 Å². The molecule has 0 spiro atoms. The van der Waals surface area contributed by atoms with Crippen LogP contribution in [0.15, 0.2) is 36.5 Å². The molecule has 0 bridgehead atoms. The third kappa shape index (κ3) is 3.84. The first-order valence-electron chi connectivity index (χ1n) is 9.28. The fourth-order valence-corrected chi connectivity index (χ4v) is 3.42. The van der Waals surface area contributed by atoms with Crippen molar-refractivity contribution in [1.82, 2.24) is 20.2 Å². The van der Waals surface area contributed by atoms with Crippen molar-refractivity contribution in [2.75, 3.05) is 10.6 Å². The van der Waals surface area contributed by atoms with Gasteiger partial charge in [0.05, 0.1) is 17.4 Å². The van der Waals surface area contributed by atoms with Gasteiger partial charge in [0, 0.05) is 17.5 Å². The Morgan fingerprint density at radius 1 is 1.14 bits per heavy atom. The first-order chi connectivity index (χ1) is 13.6. The molecule has 9 heteroatoms. The van der Waals surface area contributed by atoms with Crippen LogP contribution < -0.4 is 22.1 Å². The summed E-state index contributed by atoms with van der Waals surface area (Å²) in [4.78, 5) is 20.6. The number of aromatic nitrogens is 4. The molecular formula is C19H22N8O. The number of amides is 1. The number of anilines is 3. The van der Waals surface area contributed by atoms with Gasteiger partial charge in [-0.1, -0.05) is 31.0 Å². The molecule has 1 amide bonds. The third-order valence-electron chi connectivity index (χ3n) is 4.91. The molecule has 144 valence electrons. The zero-order chi connectivity index (χ0) is 19.5. The lowest BCUT2D eigenvalue weighted by molar-refractivity contribution is 0.0995. The highest BCUT2D eigenvalue weighted by molar-refractivity contribution is 5.96. The minimum absolute atomic E-state index is 0.0355. The summed E-state index contributed by atoms with van der Waals surface area (Å²) in [5, 5.41) is 15.2. The number of nitrogens with zero attached hydrogens (tertiary/aromatic N) is 4. The van der Waals surface area contributed by atoms with E-state index < -0.39 is 5.91 Å². The molecule has 2 atom stereocenters. The van der Waals surface area contributed by atoms with Gasteiger partial charge in [-0.3, -0.25) is 9.78 Å². The summed E-state index contributed by atoms with van der Waals surface area (Å²) in [6, 6.07) is 9.77. The second kappa shape index (κ2) is 7.73. The number of pyridine rings is 1. The standard InChI is InChI=1S/C19H22N8O/c20-13-6-2-4-8-15(13)24-19-25-18(16(17(21)28)26-27-19)23-12-9-11-5-1-3-7-14(11)22-10-12/h1,3,5,7,9-10,13,15H,2,4,6,8,20H2,(H2,21,28)(H2,23,24,25,27)/t13-,15+/m0/s1. The lowest BCUT2D eigenvalue weighted by Gasteiger charge is -2.29. The normalized spacial score (nSPS) is 19.3. The van der Waals surface area contributed by atoms with Crippen LogP contribution in [0, 0.1) is 0 Å². The van der Waals surface area contributed by atoms with E-state index in [0.29, 0.717) is 11.6 Å². The quantitative estimate of drug-likeness (QED) is 0.527. The van der Waals surface area contributed by atoms with E-state index in [1.54, 1.807) is 6.20 Å². The molecule has 28 heavy (non-hydrogen) atoms.